The highest BCUT2D eigenvalue weighted by Gasteiger charge is 2.27. The summed E-state index contributed by atoms with van der Waals surface area (Å²) in [4.78, 5) is 25.3. The first kappa shape index (κ1) is 24.0. The zero-order valence-corrected chi connectivity index (χ0v) is 19.7. The molecule has 4 rings (SSSR count). The molecule has 0 saturated carbocycles. The van der Waals surface area contributed by atoms with Crippen molar-refractivity contribution in [2.75, 3.05) is 13.2 Å². The normalized spacial score (nSPS) is 21.2. The lowest BCUT2D eigenvalue weighted by molar-refractivity contribution is -0.119. The molecule has 6 heteroatoms. The van der Waals surface area contributed by atoms with Crippen molar-refractivity contribution in [3.8, 4) is 11.5 Å². The monoisotopic (exact) mass is 464 g/mol. The number of ether oxygens (including phenoxy) is 4. The van der Waals surface area contributed by atoms with Gasteiger partial charge in [0.2, 0.25) is 0 Å². The lowest BCUT2D eigenvalue weighted by Crippen LogP contribution is -2.18. The van der Waals surface area contributed by atoms with E-state index in [1.807, 2.05) is 55.5 Å². The molecule has 1 saturated heterocycles. The molecule has 2 aromatic rings. The number of allylic oxidation sites excluding steroid dienone is 1. The second-order valence-corrected chi connectivity index (χ2v) is 8.87. The van der Waals surface area contributed by atoms with Crippen LogP contribution < -0.4 is 9.47 Å². The Labute approximate surface area is 200 Å². The van der Waals surface area contributed by atoms with Crippen LogP contribution in [0.25, 0.3) is 6.08 Å². The molecule has 0 N–H and O–H groups in total. The highest BCUT2D eigenvalue weighted by molar-refractivity contribution is 5.97. The van der Waals surface area contributed by atoms with Crippen molar-refractivity contribution in [1.82, 2.24) is 0 Å². The highest BCUT2D eigenvalue weighted by atomic mass is 16.6. The van der Waals surface area contributed by atoms with Gasteiger partial charge in [0, 0.05) is 18.9 Å². The maximum atomic E-state index is 13.2. The largest absolute Gasteiger partial charge is 0.490 e. The Morgan fingerprint density at radius 3 is 2.62 bits per heavy atom. The van der Waals surface area contributed by atoms with E-state index in [2.05, 4.69) is 0 Å². The molecular weight excluding hydrogens is 432 g/mol. The fourth-order valence-electron chi connectivity index (χ4n) is 3.89. The Morgan fingerprint density at radius 2 is 1.82 bits per heavy atom. The van der Waals surface area contributed by atoms with Crippen LogP contribution in [-0.4, -0.2) is 37.2 Å². The summed E-state index contributed by atoms with van der Waals surface area (Å²) in [6.07, 6.45) is 7.63. The van der Waals surface area contributed by atoms with Crippen LogP contribution in [-0.2, 0) is 20.9 Å². The predicted molar refractivity (Wildman–Crippen MR) is 129 cm³/mol. The summed E-state index contributed by atoms with van der Waals surface area (Å²) in [5.74, 6) is 0.868. The summed E-state index contributed by atoms with van der Waals surface area (Å²) in [5, 5.41) is 0. The van der Waals surface area contributed by atoms with E-state index in [1.54, 1.807) is 6.07 Å². The van der Waals surface area contributed by atoms with Crippen molar-refractivity contribution >= 4 is 17.8 Å². The lowest BCUT2D eigenvalue weighted by atomic mass is 10.0. The van der Waals surface area contributed by atoms with Crippen molar-refractivity contribution in [2.24, 2.45) is 0 Å². The quantitative estimate of drug-likeness (QED) is 0.414. The van der Waals surface area contributed by atoms with Crippen LogP contribution in [0, 0.1) is 0 Å². The minimum absolute atomic E-state index is 0.0473. The Kier molecular flexibility index (Phi) is 8.36. The summed E-state index contributed by atoms with van der Waals surface area (Å²) in [7, 11) is 0. The number of ketones is 1. The molecule has 2 aromatic carbocycles. The van der Waals surface area contributed by atoms with Gasteiger partial charge in [-0.2, -0.15) is 0 Å². The molecule has 0 radical (unpaired) electrons. The first-order valence-corrected chi connectivity index (χ1v) is 12.1. The molecule has 2 aliphatic heterocycles. The van der Waals surface area contributed by atoms with Crippen LogP contribution in [0.5, 0.6) is 11.5 Å². The summed E-state index contributed by atoms with van der Waals surface area (Å²) in [6, 6.07) is 13.5. The van der Waals surface area contributed by atoms with Gasteiger partial charge in [-0.15, -0.1) is 0 Å². The molecule has 0 aromatic heterocycles. The summed E-state index contributed by atoms with van der Waals surface area (Å²) >= 11 is 0. The molecule has 2 heterocycles. The van der Waals surface area contributed by atoms with E-state index in [4.69, 9.17) is 18.9 Å². The standard InChI is InChI=1S/C28H32O6/c1-20-9-8-14-23(29)13-7-3-6-12-22-15-24(31-17-21-10-4-2-5-11-21)16-26(27(22)28(30)34-20)33-19-25-18-32-25/h2,4-6,10-12,15-16,20,25H,3,7-9,13-14,17-19H2,1H3. The third-order valence-electron chi connectivity index (χ3n) is 5.88. The minimum atomic E-state index is -0.433. The third kappa shape index (κ3) is 7.19. The number of Topliss-reactive ketones (excluding diaryl/α,β-unsaturated/α-hetero) is 1. The van der Waals surface area contributed by atoms with Crippen molar-refractivity contribution in [3.05, 3.63) is 65.2 Å². The molecule has 34 heavy (non-hydrogen) atoms. The number of epoxide rings is 1. The van der Waals surface area contributed by atoms with Gasteiger partial charge < -0.3 is 18.9 Å². The fraction of sp³-hybridized carbons (Fsp3) is 0.429. The lowest BCUT2D eigenvalue weighted by Gasteiger charge is -2.19. The van der Waals surface area contributed by atoms with E-state index in [9.17, 15) is 9.59 Å². The first-order valence-electron chi connectivity index (χ1n) is 12.1. The van der Waals surface area contributed by atoms with Crippen LogP contribution in [0.4, 0.5) is 0 Å². The zero-order valence-electron chi connectivity index (χ0n) is 19.7. The van der Waals surface area contributed by atoms with Crippen LogP contribution >= 0.6 is 0 Å². The number of carbonyl (C=O) groups is 2. The molecule has 0 bridgehead atoms. The molecule has 6 nitrogen and oxygen atoms in total. The second kappa shape index (κ2) is 11.8. The van der Waals surface area contributed by atoms with Crippen LogP contribution in [0.2, 0.25) is 0 Å². The Bertz CT molecular complexity index is 1010. The number of rotatable bonds is 6. The number of benzene rings is 2. The predicted octanol–water partition coefficient (Wildman–Crippen LogP) is 5.53. The molecular formula is C28H32O6. The van der Waals surface area contributed by atoms with Gasteiger partial charge in [0.05, 0.1) is 12.7 Å². The smallest absolute Gasteiger partial charge is 0.342 e. The number of cyclic esters (lactones) is 1. The van der Waals surface area contributed by atoms with E-state index in [0.717, 1.165) is 18.4 Å². The van der Waals surface area contributed by atoms with Crippen LogP contribution in [0.15, 0.2) is 48.5 Å². The SMILES string of the molecule is CC1CCCC(=O)CCCC=Cc2cc(OCc3ccccc3)cc(OCC3CO3)c2C(=O)O1. The Balaban J connectivity index is 1.64. The molecule has 2 unspecified atom stereocenters. The van der Waals surface area contributed by atoms with Crippen LogP contribution in [0.3, 0.4) is 0 Å². The van der Waals surface area contributed by atoms with Gasteiger partial charge >= 0.3 is 5.97 Å². The molecule has 2 aliphatic rings. The topological polar surface area (TPSA) is 74.4 Å². The molecule has 1 fully saturated rings. The maximum absolute atomic E-state index is 13.2. The van der Waals surface area contributed by atoms with Crippen molar-refractivity contribution in [2.45, 2.75) is 64.3 Å². The summed E-state index contributed by atoms with van der Waals surface area (Å²) in [6.45, 7) is 3.29. The van der Waals surface area contributed by atoms with Gasteiger partial charge in [0.1, 0.15) is 42.2 Å². The van der Waals surface area contributed by atoms with Gasteiger partial charge in [-0.25, -0.2) is 4.79 Å². The summed E-state index contributed by atoms with van der Waals surface area (Å²) in [5.41, 5.74) is 2.12. The van der Waals surface area contributed by atoms with Crippen molar-refractivity contribution in [1.29, 1.82) is 0 Å². The number of carbonyl (C=O) groups excluding carboxylic acids is 2. The van der Waals surface area contributed by atoms with Gasteiger partial charge in [0.15, 0.2) is 0 Å². The number of hydrogen-bond acceptors (Lipinski definition) is 6. The minimum Gasteiger partial charge on any atom is -0.490 e. The molecule has 0 aliphatic carbocycles. The molecule has 0 spiro atoms. The van der Waals surface area contributed by atoms with Gasteiger partial charge in [-0.05, 0) is 49.8 Å². The zero-order chi connectivity index (χ0) is 23.8. The Hall–Kier alpha value is -3.12. The third-order valence-corrected chi connectivity index (χ3v) is 5.88. The fourth-order valence-corrected chi connectivity index (χ4v) is 3.89. The van der Waals surface area contributed by atoms with Crippen molar-refractivity contribution < 1.29 is 28.5 Å². The molecule has 2 atom stereocenters. The second-order valence-electron chi connectivity index (χ2n) is 8.87. The van der Waals surface area contributed by atoms with Gasteiger partial charge in [-0.1, -0.05) is 42.5 Å². The van der Waals surface area contributed by atoms with Crippen LogP contribution in [0.1, 0.15) is 66.9 Å². The number of esters is 1. The summed E-state index contributed by atoms with van der Waals surface area (Å²) < 4.78 is 23.1. The maximum Gasteiger partial charge on any atom is 0.342 e. The average Bonchev–Trinajstić information content (AvgIpc) is 3.65. The first-order chi connectivity index (χ1) is 16.6. The van der Waals surface area contributed by atoms with E-state index in [-0.39, 0.29) is 18.0 Å². The van der Waals surface area contributed by atoms with Crippen molar-refractivity contribution in [3.63, 3.8) is 0 Å². The van der Waals surface area contributed by atoms with Gasteiger partial charge in [-0.3, -0.25) is 4.79 Å². The van der Waals surface area contributed by atoms with E-state index >= 15 is 0 Å². The highest BCUT2D eigenvalue weighted by Crippen LogP contribution is 2.33. The van der Waals surface area contributed by atoms with E-state index < -0.39 is 5.97 Å². The van der Waals surface area contributed by atoms with Gasteiger partial charge in [0.25, 0.3) is 0 Å². The van der Waals surface area contributed by atoms with E-state index in [1.165, 1.54) is 0 Å². The molecule has 0 amide bonds. The average molecular weight is 465 g/mol. The molecule has 180 valence electrons. The Morgan fingerprint density at radius 1 is 1.03 bits per heavy atom. The number of fused-ring (bicyclic) bond motifs is 1. The van der Waals surface area contributed by atoms with E-state index in [0.29, 0.717) is 68.1 Å². The number of hydrogen-bond donors (Lipinski definition) is 0.